The summed E-state index contributed by atoms with van der Waals surface area (Å²) in [5.74, 6) is -0.122. The van der Waals surface area contributed by atoms with Crippen molar-refractivity contribution in [2.24, 2.45) is 5.16 Å². The highest BCUT2D eigenvalue weighted by Gasteiger charge is 2.54. The number of hydrogen-bond donors (Lipinski definition) is 4. The van der Waals surface area contributed by atoms with E-state index in [1.165, 1.54) is 28.9 Å². The van der Waals surface area contributed by atoms with Crippen LogP contribution in [0.1, 0.15) is 5.82 Å². The van der Waals surface area contributed by atoms with Crippen LogP contribution in [-0.4, -0.2) is 67.2 Å². The number of nitrogens with one attached hydrogen (secondary N) is 1. The van der Waals surface area contributed by atoms with Crippen LogP contribution in [-0.2, 0) is 25.8 Å². The summed E-state index contributed by atoms with van der Waals surface area (Å²) in [7, 11) is 0. The first-order chi connectivity index (χ1) is 17.3. The number of β-lactam (4-membered cyclic amide) rings is 1. The molecule has 2 aliphatic heterocycles. The van der Waals surface area contributed by atoms with E-state index in [4.69, 9.17) is 22.7 Å². The Morgan fingerprint density at radius 1 is 1.42 bits per heavy atom. The summed E-state index contributed by atoms with van der Waals surface area (Å²) in [4.78, 5) is 52.1. The van der Waals surface area contributed by atoms with Gasteiger partial charge in [-0.1, -0.05) is 11.1 Å². The van der Waals surface area contributed by atoms with Gasteiger partial charge >= 0.3 is 5.97 Å². The summed E-state index contributed by atoms with van der Waals surface area (Å²) < 4.78 is 1.74. The van der Waals surface area contributed by atoms with Crippen LogP contribution in [0, 0.1) is 12.3 Å². The van der Waals surface area contributed by atoms with Gasteiger partial charge in [-0.25, -0.2) is 14.8 Å². The Morgan fingerprint density at radius 2 is 2.22 bits per heavy atom. The predicted octanol–water partition coefficient (Wildman–Crippen LogP) is -1.28. The maximum absolute atomic E-state index is 13.0. The van der Waals surface area contributed by atoms with Gasteiger partial charge in [0.25, 0.3) is 11.8 Å². The molecule has 0 spiro atoms. The van der Waals surface area contributed by atoms with Crippen molar-refractivity contribution >= 4 is 46.8 Å². The molecule has 14 heteroatoms. The third kappa shape index (κ3) is 4.91. The monoisotopic (exact) mass is 509 g/mol. The van der Waals surface area contributed by atoms with E-state index >= 15 is 0 Å². The Bertz CT molecular complexity index is 1340. The highest BCUT2D eigenvalue weighted by Crippen LogP contribution is 2.40. The zero-order valence-corrected chi connectivity index (χ0v) is 19.5. The second kappa shape index (κ2) is 10.3. The van der Waals surface area contributed by atoms with E-state index in [0.29, 0.717) is 17.0 Å². The molecule has 0 bridgehead atoms. The first-order valence-corrected chi connectivity index (χ1v) is 11.5. The Balaban J connectivity index is 1.55. The molecule has 1 unspecified atom stereocenters. The summed E-state index contributed by atoms with van der Waals surface area (Å²) in [5.41, 5.74) is 12.1. The zero-order chi connectivity index (χ0) is 25.8. The number of carbonyl (C=O) groups is 3. The fourth-order valence-corrected chi connectivity index (χ4v) is 5.02. The number of pyridine rings is 1. The third-order valence-corrected chi connectivity index (χ3v) is 6.54. The van der Waals surface area contributed by atoms with E-state index in [0.717, 1.165) is 0 Å². The van der Waals surface area contributed by atoms with E-state index in [1.54, 1.807) is 29.1 Å². The summed E-state index contributed by atoms with van der Waals surface area (Å²) in [6.07, 6.45) is 9.91. The van der Waals surface area contributed by atoms with Gasteiger partial charge in [-0.2, -0.15) is 4.57 Å². The molecule has 13 nitrogen and oxygen atoms in total. The van der Waals surface area contributed by atoms with E-state index in [2.05, 4.69) is 26.4 Å². The number of oxime groups is 1. The van der Waals surface area contributed by atoms with Crippen LogP contribution in [0.15, 0.2) is 53.2 Å². The van der Waals surface area contributed by atoms with E-state index in [-0.39, 0.29) is 36.2 Å². The molecule has 1 fully saturated rings. The van der Waals surface area contributed by atoms with Crippen molar-refractivity contribution in [3.63, 3.8) is 0 Å². The van der Waals surface area contributed by atoms with Crippen LogP contribution < -0.4 is 21.4 Å². The topological polar surface area (TPSA) is 190 Å². The van der Waals surface area contributed by atoms with Gasteiger partial charge in [0.2, 0.25) is 5.71 Å². The number of fused-ring (bicyclic) bond motifs is 1. The molecule has 1 saturated heterocycles. The van der Waals surface area contributed by atoms with Crippen LogP contribution in [0.2, 0.25) is 0 Å². The molecule has 184 valence electrons. The number of aromatic nitrogens is 3. The number of nitrogens with two attached hydrogens (primary N) is 2. The molecule has 0 saturated carbocycles. The van der Waals surface area contributed by atoms with Gasteiger partial charge in [-0.15, -0.1) is 18.2 Å². The molecule has 36 heavy (non-hydrogen) atoms. The lowest BCUT2D eigenvalue weighted by Crippen LogP contribution is -2.71. The smallest absolute Gasteiger partial charge is 0.352 e. The second-order valence-corrected chi connectivity index (χ2v) is 8.76. The van der Waals surface area contributed by atoms with Crippen LogP contribution >= 0.6 is 11.8 Å². The summed E-state index contributed by atoms with van der Waals surface area (Å²) in [6, 6.07) is 3.88. The van der Waals surface area contributed by atoms with Crippen LogP contribution in [0.5, 0.6) is 0 Å². The number of carboxylic acids is 1. The van der Waals surface area contributed by atoms with Crippen molar-refractivity contribution in [2.45, 2.75) is 18.0 Å². The Kier molecular flexibility index (Phi) is 7.02. The lowest BCUT2D eigenvalue weighted by Gasteiger charge is -2.49. The number of nitrogen functional groups attached to an aromatic ring is 2. The summed E-state index contributed by atoms with van der Waals surface area (Å²) in [5, 5.41) is 15.5. The maximum Gasteiger partial charge on any atom is 0.352 e. The van der Waals surface area contributed by atoms with Crippen molar-refractivity contribution in [2.75, 3.05) is 23.8 Å². The molecule has 2 aliphatic rings. The normalized spacial score (nSPS) is 19.1. The van der Waals surface area contributed by atoms with E-state index in [9.17, 15) is 19.5 Å². The largest absolute Gasteiger partial charge is 0.477 e. The lowest BCUT2D eigenvalue weighted by atomic mass is 10.0. The van der Waals surface area contributed by atoms with Crippen molar-refractivity contribution in [1.29, 1.82) is 0 Å². The van der Waals surface area contributed by atoms with E-state index < -0.39 is 29.2 Å². The number of aliphatic carboxylic acids is 1. The first-order valence-electron chi connectivity index (χ1n) is 10.5. The standard InChI is InChI=1S/C22H20N8O5S/c1-2-8-35-28-15(18-25-6-5-14(24)26-18)19(31)27-16-20(32)30-17(22(33)34)12(11-36-21(16)30)9-29-7-3-4-13(23)10-29/h1,3-7,10,16,21H,8-9,11,23H2,(H3-,24,25,26,27,31,33,34)/p+1/t16?,21-/m1/s1. The van der Waals surface area contributed by atoms with Gasteiger partial charge in [0, 0.05) is 23.6 Å². The Labute approximate surface area is 209 Å². The SMILES string of the molecule is C#CCON=C(C(=O)NC1C(=O)N2C(C(=O)O)=C(C[n+]3cccc(N)c3)CS[C@H]12)c1nccc(N)n1. The van der Waals surface area contributed by atoms with Gasteiger partial charge in [-0.3, -0.25) is 14.5 Å². The highest BCUT2D eigenvalue weighted by atomic mass is 32.2. The molecule has 4 heterocycles. The van der Waals surface area contributed by atoms with Gasteiger partial charge in [0.15, 0.2) is 31.4 Å². The Hall–Kier alpha value is -4.64. The van der Waals surface area contributed by atoms with E-state index in [1.807, 2.05) is 0 Å². The number of rotatable bonds is 8. The predicted molar refractivity (Wildman–Crippen MR) is 129 cm³/mol. The Morgan fingerprint density at radius 3 is 2.92 bits per heavy atom. The number of carboxylic acid groups (broad SMARTS) is 1. The van der Waals surface area contributed by atoms with Crippen LogP contribution in [0.25, 0.3) is 0 Å². The van der Waals surface area contributed by atoms with Crippen LogP contribution in [0.3, 0.4) is 0 Å². The number of nitrogens with zero attached hydrogens (tertiary/aromatic N) is 5. The average Bonchev–Trinajstić information content (AvgIpc) is 2.84. The number of carbonyl (C=O) groups excluding carboxylic acids is 2. The summed E-state index contributed by atoms with van der Waals surface area (Å²) >= 11 is 1.33. The minimum Gasteiger partial charge on any atom is -0.477 e. The maximum atomic E-state index is 13.0. The molecule has 6 N–H and O–H groups in total. The minimum atomic E-state index is -1.24. The fraction of sp³-hybridized carbons (Fsp3) is 0.227. The molecule has 2 aromatic heterocycles. The number of thioether (sulfide) groups is 1. The molecular weight excluding hydrogens is 488 g/mol. The summed E-state index contributed by atoms with van der Waals surface area (Å²) in [6.45, 7) is 0.0254. The van der Waals surface area contributed by atoms with Crippen molar-refractivity contribution in [3.8, 4) is 12.3 Å². The van der Waals surface area contributed by atoms with Gasteiger partial charge < -0.3 is 26.7 Å². The number of amides is 2. The molecule has 2 amide bonds. The molecule has 2 atom stereocenters. The van der Waals surface area contributed by atoms with Gasteiger partial charge in [0.1, 0.15) is 22.9 Å². The van der Waals surface area contributed by atoms with Gasteiger partial charge in [-0.05, 0) is 12.1 Å². The van der Waals surface area contributed by atoms with Crippen molar-refractivity contribution in [3.05, 3.63) is 53.9 Å². The highest BCUT2D eigenvalue weighted by molar-refractivity contribution is 8.00. The lowest BCUT2D eigenvalue weighted by molar-refractivity contribution is -0.688. The number of terminal acetylenes is 1. The quantitative estimate of drug-likeness (QED) is 0.0833. The molecule has 4 rings (SSSR count). The molecule has 0 aliphatic carbocycles. The first kappa shape index (κ1) is 24.5. The fourth-order valence-electron chi connectivity index (χ4n) is 3.68. The van der Waals surface area contributed by atoms with Crippen molar-refractivity contribution < 1.29 is 28.9 Å². The third-order valence-electron chi connectivity index (χ3n) is 5.20. The molecule has 2 aromatic rings. The second-order valence-electron chi connectivity index (χ2n) is 7.65. The number of hydrogen-bond acceptors (Lipinski definition) is 10. The zero-order valence-electron chi connectivity index (χ0n) is 18.7. The molecular formula is C22H21N8O5S+. The average molecular weight is 510 g/mol. The number of anilines is 2. The van der Waals surface area contributed by atoms with Crippen molar-refractivity contribution in [1.82, 2.24) is 20.2 Å². The molecule has 0 radical (unpaired) electrons. The van der Waals surface area contributed by atoms with Gasteiger partial charge in [0.05, 0.1) is 5.69 Å². The molecule has 0 aromatic carbocycles. The minimum absolute atomic E-state index is 0.0907. The van der Waals surface area contributed by atoms with Crippen LogP contribution in [0.4, 0.5) is 11.5 Å².